The van der Waals surface area contributed by atoms with Crippen molar-refractivity contribution in [3.8, 4) is 5.75 Å². The summed E-state index contributed by atoms with van der Waals surface area (Å²) >= 11 is 0. The summed E-state index contributed by atoms with van der Waals surface area (Å²) in [6.07, 6.45) is -0.0943. The lowest BCUT2D eigenvalue weighted by atomic mass is 10.0. The number of ether oxygens (including phenoxy) is 1. The van der Waals surface area contributed by atoms with Gasteiger partial charge in [0.15, 0.2) is 0 Å². The summed E-state index contributed by atoms with van der Waals surface area (Å²) in [6, 6.07) is 24.9. The van der Waals surface area contributed by atoms with Gasteiger partial charge in [-0.15, -0.1) is 0 Å². The van der Waals surface area contributed by atoms with Crippen molar-refractivity contribution in [1.82, 2.24) is 4.90 Å². The van der Waals surface area contributed by atoms with E-state index in [4.69, 9.17) is 4.74 Å². The molecule has 174 valence electrons. The molecule has 1 aliphatic rings. The zero-order valence-electron chi connectivity index (χ0n) is 20.1. The van der Waals surface area contributed by atoms with Crippen LogP contribution < -0.4 is 9.64 Å². The number of carbonyl (C=O) groups excluding carboxylic acids is 2. The minimum atomic E-state index is -0.338. The van der Waals surface area contributed by atoms with Crippen LogP contribution in [-0.2, 0) is 16.1 Å². The molecule has 0 saturated heterocycles. The van der Waals surface area contributed by atoms with Gasteiger partial charge in [0.1, 0.15) is 11.4 Å². The predicted octanol–water partition coefficient (Wildman–Crippen LogP) is 5.59. The van der Waals surface area contributed by atoms with Crippen LogP contribution >= 0.6 is 0 Å². The van der Waals surface area contributed by atoms with E-state index >= 15 is 0 Å². The molecule has 0 saturated carbocycles. The number of imide groups is 1. The molecule has 1 aliphatic heterocycles. The first-order valence-electron chi connectivity index (χ1n) is 11.6. The largest absolute Gasteiger partial charge is 0.489 e. The third-order valence-corrected chi connectivity index (χ3v) is 5.78. The smallest absolute Gasteiger partial charge is 0.282 e. The molecule has 4 rings (SSSR count). The molecule has 2 amide bonds. The summed E-state index contributed by atoms with van der Waals surface area (Å²) in [5.41, 5.74) is 4.19. The third kappa shape index (κ3) is 4.60. The van der Waals surface area contributed by atoms with Crippen molar-refractivity contribution in [2.45, 2.75) is 40.3 Å². The zero-order valence-corrected chi connectivity index (χ0v) is 20.1. The number of likely N-dealkylation sites (N-methyl/N-ethyl adjacent to an activating group) is 1. The van der Waals surface area contributed by atoms with Gasteiger partial charge < -0.3 is 9.64 Å². The van der Waals surface area contributed by atoms with Gasteiger partial charge in [0, 0.05) is 13.1 Å². The average Bonchev–Trinajstić information content (AvgIpc) is 3.08. The fourth-order valence-electron chi connectivity index (χ4n) is 4.16. The highest BCUT2D eigenvalue weighted by Crippen LogP contribution is 2.39. The molecule has 0 bridgehead atoms. The van der Waals surface area contributed by atoms with Crippen molar-refractivity contribution >= 4 is 23.1 Å². The van der Waals surface area contributed by atoms with Crippen molar-refractivity contribution < 1.29 is 14.3 Å². The second-order valence-corrected chi connectivity index (χ2v) is 8.67. The topological polar surface area (TPSA) is 49.9 Å². The van der Waals surface area contributed by atoms with Gasteiger partial charge in [0.05, 0.1) is 17.4 Å². The molecule has 0 radical (unpaired) electrons. The Bertz CT molecular complexity index is 1210. The van der Waals surface area contributed by atoms with E-state index in [0.29, 0.717) is 35.8 Å². The molecule has 0 unspecified atom stereocenters. The maximum absolute atomic E-state index is 13.9. The highest BCUT2D eigenvalue weighted by Gasteiger charge is 2.43. The SMILES string of the molecule is CCN(Cc1ccccc1)C1=C(c2ccc(C)cc2)C(=O)N(c2ccccc2OC(C)C)C1=O. The van der Waals surface area contributed by atoms with Gasteiger partial charge in [-0.05, 0) is 51.0 Å². The second kappa shape index (κ2) is 9.96. The predicted molar refractivity (Wildman–Crippen MR) is 135 cm³/mol. The molecule has 0 fully saturated rings. The van der Waals surface area contributed by atoms with E-state index in [0.717, 1.165) is 16.7 Å². The summed E-state index contributed by atoms with van der Waals surface area (Å²) in [6.45, 7) is 8.95. The van der Waals surface area contributed by atoms with E-state index in [2.05, 4.69) is 0 Å². The van der Waals surface area contributed by atoms with E-state index in [1.165, 1.54) is 4.90 Å². The number of aryl methyl sites for hydroxylation is 1. The molecule has 0 atom stereocenters. The van der Waals surface area contributed by atoms with Crippen molar-refractivity contribution in [2.24, 2.45) is 0 Å². The van der Waals surface area contributed by atoms with Crippen molar-refractivity contribution in [2.75, 3.05) is 11.4 Å². The van der Waals surface area contributed by atoms with Crippen molar-refractivity contribution in [3.63, 3.8) is 0 Å². The van der Waals surface area contributed by atoms with Crippen LogP contribution in [0.5, 0.6) is 5.75 Å². The van der Waals surface area contributed by atoms with Crippen molar-refractivity contribution in [3.05, 3.63) is 101 Å². The van der Waals surface area contributed by atoms with Crippen LogP contribution in [0.2, 0.25) is 0 Å². The molecule has 0 aromatic heterocycles. The summed E-state index contributed by atoms with van der Waals surface area (Å²) in [7, 11) is 0. The molecule has 1 heterocycles. The van der Waals surface area contributed by atoms with E-state index in [1.807, 2.05) is 99.3 Å². The Hall–Kier alpha value is -3.86. The molecule has 5 heteroatoms. The number of anilines is 1. The first-order chi connectivity index (χ1) is 16.4. The Labute approximate surface area is 201 Å². The first-order valence-corrected chi connectivity index (χ1v) is 11.6. The first kappa shape index (κ1) is 23.3. The fraction of sp³-hybridized carbons (Fsp3) is 0.241. The highest BCUT2D eigenvalue weighted by atomic mass is 16.5. The van der Waals surface area contributed by atoms with Crippen LogP contribution in [0.1, 0.15) is 37.5 Å². The van der Waals surface area contributed by atoms with E-state index in [-0.39, 0.29) is 17.9 Å². The highest BCUT2D eigenvalue weighted by molar-refractivity contribution is 6.45. The fourth-order valence-corrected chi connectivity index (χ4v) is 4.16. The Balaban J connectivity index is 1.84. The number of carbonyl (C=O) groups is 2. The van der Waals surface area contributed by atoms with E-state index in [9.17, 15) is 9.59 Å². The molecule has 5 nitrogen and oxygen atoms in total. The van der Waals surface area contributed by atoms with Crippen LogP contribution in [0.15, 0.2) is 84.6 Å². The summed E-state index contributed by atoms with van der Waals surface area (Å²) in [4.78, 5) is 31.1. The van der Waals surface area contributed by atoms with E-state index < -0.39 is 0 Å². The van der Waals surface area contributed by atoms with Gasteiger partial charge in [-0.3, -0.25) is 9.59 Å². The normalized spacial score (nSPS) is 13.7. The number of nitrogens with zero attached hydrogens (tertiary/aromatic N) is 2. The van der Waals surface area contributed by atoms with Gasteiger partial charge in [0.25, 0.3) is 11.8 Å². The molecular formula is C29H30N2O3. The zero-order chi connectivity index (χ0) is 24.2. The van der Waals surface area contributed by atoms with Crippen LogP contribution in [0.4, 0.5) is 5.69 Å². The minimum absolute atomic E-state index is 0.0943. The Morgan fingerprint density at radius 2 is 1.50 bits per heavy atom. The van der Waals surface area contributed by atoms with Gasteiger partial charge in [-0.2, -0.15) is 0 Å². The van der Waals surface area contributed by atoms with Crippen LogP contribution in [0.25, 0.3) is 5.57 Å². The maximum atomic E-state index is 13.9. The number of hydrogen-bond donors (Lipinski definition) is 0. The molecule has 0 spiro atoms. The molecule has 0 aliphatic carbocycles. The number of para-hydroxylation sites is 2. The standard InChI is InChI=1S/C29H30N2O3/c1-5-30(19-22-11-7-6-8-12-22)27-26(23-17-15-21(4)16-18-23)28(32)31(29(27)33)24-13-9-10-14-25(24)34-20(2)3/h6-18,20H,5,19H2,1-4H3. The van der Waals surface area contributed by atoms with Gasteiger partial charge in [-0.1, -0.05) is 72.3 Å². The van der Waals surface area contributed by atoms with Crippen molar-refractivity contribution in [1.29, 1.82) is 0 Å². The summed E-state index contributed by atoms with van der Waals surface area (Å²) < 4.78 is 5.95. The van der Waals surface area contributed by atoms with E-state index in [1.54, 1.807) is 12.1 Å². The van der Waals surface area contributed by atoms with Gasteiger partial charge >= 0.3 is 0 Å². The molecule has 3 aromatic rings. The maximum Gasteiger partial charge on any atom is 0.282 e. The molecule has 34 heavy (non-hydrogen) atoms. The quantitative estimate of drug-likeness (QED) is 0.417. The number of hydrogen-bond acceptors (Lipinski definition) is 4. The van der Waals surface area contributed by atoms with Gasteiger partial charge in [0.2, 0.25) is 0 Å². The Morgan fingerprint density at radius 3 is 2.15 bits per heavy atom. The number of amides is 2. The molecular weight excluding hydrogens is 424 g/mol. The third-order valence-electron chi connectivity index (χ3n) is 5.78. The Morgan fingerprint density at radius 1 is 0.853 bits per heavy atom. The molecule has 3 aromatic carbocycles. The number of benzene rings is 3. The summed E-state index contributed by atoms with van der Waals surface area (Å²) in [5, 5.41) is 0. The van der Waals surface area contributed by atoms with Crippen LogP contribution in [-0.4, -0.2) is 29.4 Å². The lowest BCUT2D eigenvalue weighted by Crippen LogP contribution is -2.35. The van der Waals surface area contributed by atoms with Crippen LogP contribution in [0, 0.1) is 6.92 Å². The average molecular weight is 455 g/mol. The second-order valence-electron chi connectivity index (χ2n) is 8.67. The lowest BCUT2D eigenvalue weighted by molar-refractivity contribution is -0.120. The molecule has 0 N–H and O–H groups in total. The lowest BCUT2D eigenvalue weighted by Gasteiger charge is -2.25. The van der Waals surface area contributed by atoms with Crippen LogP contribution in [0.3, 0.4) is 0 Å². The van der Waals surface area contributed by atoms with Gasteiger partial charge in [-0.25, -0.2) is 4.90 Å². The summed E-state index contributed by atoms with van der Waals surface area (Å²) in [5.74, 6) is -0.164. The number of rotatable bonds is 8. The monoisotopic (exact) mass is 454 g/mol. The Kier molecular flexibility index (Phi) is 6.82. The minimum Gasteiger partial charge on any atom is -0.489 e.